The van der Waals surface area contributed by atoms with Crippen molar-refractivity contribution in [3.05, 3.63) is 34.6 Å². The fraction of sp³-hybridized carbons (Fsp3) is 0.455. The third-order valence-corrected chi connectivity index (χ3v) is 7.14. The monoisotopic (exact) mass is 438 g/mol. The van der Waals surface area contributed by atoms with Crippen LogP contribution in [0.5, 0.6) is 0 Å². The van der Waals surface area contributed by atoms with E-state index in [0.717, 1.165) is 55.3 Å². The van der Waals surface area contributed by atoms with Crippen LogP contribution in [0.15, 0.2) is 29.1 Å². The van der Waals surface area contributed by atoms with Crippen LogP contribution < -0.4 is 21.1 Å². The summed E-state index contributed by atoms with van der Waals surface area (Å²) in [7, 11) is 0. The summed E-state index contributed by atoms with van der Waals surface area (Å²) in [5, 5.41) is 7.60. The number of fused-ring (bicyclic) bond motifs is 1. The van der Waals surface area contributed by atoms with Gasteiger partial charge in [0.1, 0.15) is 22.7 Å². The molecule has 0 unspecified atom stereocenters. The number of nitrogens with zero attached hydrogens (tertiary/aromatic N) is 3. The highest BCUT2D eigenvalue weighted by Crippen LogP contribution is 2.33. The molecule has 1 aromatic carbocycles. The molecule has 162 valence electrons. The normalized spacial score (nSPS) is 20.1. The van der Waals surface area contributed by atoms with Crippen molar-refractivity contribution in [1.29, 1.82) is 0 Å². The second kappa shape index (κ2) is 8.76. The molecule has 9 heteroatoms. The molecular weight excluding hydrogens is 412 g/mol. The van der Waals surface area contributed by atoms with Gasteiger partial charge in [0.05, 0.1) is 10.2 Å². The first-order chi connectivity index (χ1) is 15.2. The third kappa shape index (κ3) is 4.20. The highest BCUT2D eigenvalue weighted by Gasteiger charge is 2.25. The number of carbonyl (C=O) groups excluding carboxylic acids is 1. The van der Waals surface area contributed by atoms with Crippen molar-refractivity contribution < 1.29 is 4.79 Å². The van der Waals surface area contributed by atoms with Gasteiger partial charge in [0.15, 0.2) is 0 Å². The predicted octanol–water partition coefficient (Wildman–Crippen LogP) is 2.63. The molecule has 2 aromatic heterocycles. The topological polar surface area (TPSA) is 103 Å². The van der Waals surface area contributed by atoms with Gasteiger partial charge in [-0.2, -0.15) is 4.98 Å². The molecule has 2 fully saturated rings. The van der Waals surface area contributed by atoms with Gasteiger partial charge in [-0.05, 0) is 44.4 Å². The minimum Gasteiger partial charge on any atom is -0.365 e. The molecule has 8 nitrogen and oxygen atoms in total. The quantitative estimate of drug-likeness (QED) is 0.526. The number of para-hydroxylation sites is 1. The predicted molar refractivity (Wildman–Crippen MR) is 124 cm³/mol. The highest BCUT2D eigenvalue weighted by atomic mass is 32.1. The van der Waals surface area contributed by atoms with Gasteiger partial charge in [0, 0.05) is 31.6 Å². The van der Waals surface area contributed by atoms with Crippen LogP contribution in [0.25, 0.3) is 20.8 Å². The van der Waals surface area contributed by atoms with Gasteiger partial charge in [0.2, 0.25) is 5.95 Å². The maximum absolute atomic E-state index is 13.3. The second-order valence-corrected chi connectivity index (χ2v) is 9.28. The fourth-order valence-electron chi connectivity index (χ4n) is 4.31. The molecule has 0 amide bonds. The Kier molecular flexibility index (Phi) is 5.69. The first-order valence-electron chi connectivity index (χ1n) is 10.9. The summed E-state index contributed by atoms with van der Waals surface area (Å²) < 4.78 is 1.04. The van der Waals surface area contributed by atoms with Gasteiger partial charge in [-0.25, -0.2) is 4.98 Å². The van der Waals surface area contributed by atoms with E-state index >= 15 is 0 Å². The Morgan fingerprint density at radius 3 is 2.74 bits per heavy atom. The maximum atomic E-state index is 13.3. The number of rotatable bonds is 5. The van der Waals surface area contributed by atoms with Crippen molar-refractivity contribution in [1.82, 2.24) is 20.3 Å². The zero-order valence-corrected chi connectivity index (χ0v) is 18.1. The molecule has 0 aliphatic carbocycles. The van der Waals surface area contributed by atoms with E-state index < -0.39 is 0 Å². The van der Waals surface area contributed by atoms with E-state index in [0.29, 0.717) is 35.4 Å². The van der Waals surface area contributed by atoms with Gasteiger partial charge in [-0.3, -0.25) is 9.78 Å². The Morgan fingerprint density at radius 1 is 1.16 bits per heavy atom. The van der Waals surface area contributed by atoms with Crippen LogP contribution >= 0.6 is 11.3 Å². The molecule has 0 saturated carbocycles. The Hall–Kier alpha value is -2.78. The van der Waals surface area contributed by atoms with E-state index in [-0.39, 0.29) is 17.5 Å². The molecule has 2 aliphatic rings. The average molecular weight is 439 g/mol. The van der Waals surface area contributed by atoms with Crippen LogP contribution in [0, 0.1) is 5.92 Å². The van der Waals surface area contributed by atoms with E-state index in [1.165, 1.54) is 11.3 Å². The lowest BCUT2D eigenvalue weighted by Gasteiger charge is -2.31. The summed E-state index contributed by atoms with van der Waals surface area (Å²) in [5.74, 6) is 1.24. The van der Waals surface area contributed by atoms with E-state index in [9.17, 15) is 9.59 Å². The lowest BCUT2D eigenvalue weighted by molar-refractivity contribution is -0.111. The number of aldehydes is 1. The third-order valence-electron chi connectivity index (χ3n) is 6.08. The molecule has 0 radical (unpaired) electrons. The van der Waals surface area contributed by atoms with E-state index in [1.54, 1.807) is 0 Å². The lowest BCUT2D eigenvalue weighted by atomic mass is 9.99. The second-order valence-electron chi connectivity index (χ2n) is 8.25. The molecule has 3 aromatic rings. The minimum absolute atomic E-state index is 0.0934. The number of hydrogen-bond acceptors (Lipinski definition) is 8. The van der Waals surface area contributed by atoms with Gasteiger partial charge >= 0.3 is 0 Å². The number of thiazole rings is 1. The Balaban J connectivity index is 1.54. The summed E-state index contributed by atoms with van der Waals surface area (Å²) in [6.45, 7) is 3.27. The highest BCUT2D eigenvalue weighted by molar-refractivity contribution is 7.21. The molecule has 1 atom stereocenters. The summed E-state index contributed by atoms with van der Waals surface area (Å²) in [5.41, 5.74) is 1.19. The van der Waals surface area contributed by atoms with Crippen LogP contribution in [0.4, 0.5) is 11.8 Å². The molecule has 4 heterocycles. The van der Waals surface area contributed by atoms with Gasteiger partial charge in [0.25, 0.3) is 5.56 Å². The van der Waals surface area contributed by atoms with Crippen molar-refractivity contribution in [3.63, 3.8) is 0 Å². The maximum Gasteiger partial charge on any atom is 0.264 e. The zero-order valence-electron chi connectivity index (χ0n) is 17.3. The number of nitrogens with one attached hydrogen (secondary N) is 3. The fourth-order valence-corrected chi connectivity index (χ4v) is 5.32. The van der Waals surface area contributed by atoms with Gasteiger partial charge < -0.3 is 20.3 Å². The number of H-pyrrole nitrogens is 1. The van der Waals surface area contributed by atoms with Crippen LogP contribution in [0.2, 0.25) is 0 Å². The van der Waals surface area contributed by atoms with Crippen molar-refractivity contribution >= 4 is 39.6 Å². The van der Waals surface area contributed by atoms with Crippen LogP contribution in [-0.2, 0) is 4.79 Å². The Labute approximate surface area is 184 Å². The van der Waals surface area contributed by atoms with Crippen molar-refractivity contribution in [3.8, 4) is 10.6 Å². The van der Waals surface area contributed by atoms with Gasteiger partial charge in [-0.1, -0.05) is 12.1 Å². The molecule has 2 aliphatic heterocycles. The van der Waals surface area contributed by atoms with Gasteiger partial charge in [-0.15, -0.1) is 11.3 Å². The number of anilines is 2. The van der Waals surface area contributed by atoms with Crippen molar-refractivity contribution in [2.75, 3.05) is 36.4 Å². The first kappa shape index (κ1) is 20.1. The van der Waals surface area contributed by atoms with Crippen LogP contribution in [0.1, 0.15) is 25.7 Å². The molecule has 31 heavy (non-hydrogen) atoms. The minimum atomic E-state index is -0.187. The SMILES string of the molecule is O=CC1CCN(c2nc(N[C@@H]3CCCNC3)c(-c3nc4ccccc4s3)c(=O)[nH]2)CC1. The summed E-state index contributed by atoms with van der Waals surface area (Å²) in [6, 6.07) is 8.12. The van der Waals surface area contributed by atoms with E-state index in [2.05, 4.69) is 20.5 Å². The number of hydrogen-bond donors (Lipinski definition) is 3. The summed E-state index contributed by atoms with van der Waals surface area (Å²) in [6.07, 6.45) is 4.71. The number of benzene rings is 1. The summed E-state index contributed by atoms with van der Waals surface area (Å²) >= 11 is 1.51. The molecule has 0 bridgehead atoms. The Bertz CT molecular complexity index is 1100. The largest absolute Gasteiger partial charge is 0.365 e. The standard InChI is InChI=1S/C22H26N6O2S/c29-13-14-7-10-28(11-8-14)22-26-19(24-15-4-3-9-23-12-15)18(20(30)27-22)21-25-16-5-1-2-6-17(16)31-21/h1-2,5-6,13-15,23H,3-4,7-12H2,(H2,24,26,27,30)/t15-/m1/s1. The van der Waals surface area contributed by atoms with Crippen LogP contribution in [-0.4, -0.2) is 53.5 Å². The number of piperidine rings is 2. The molecule has 0 spiro atoms. The first-order valence-corrected chi connectivity index (χ1v) is 11.7. The molecular formula is C22H26N6O2S. The smallest absolute Gasteiger partial charge is 0.264 e. The zero-order chi connectivity index (χ0) is 21.2. The number of carbonyl (C=O) groups is 1. The summed E-state index contributed by atoms with van der Waals surface area (Å²) in [4.78, 5) is 39.0. The van der Waals surface area contributed by atoms with Crippen molar-refractivity contribution in [2.45, 2.75) is 31.7 Å². The lowest BCUT2D eigenvalue weighted by Crippen LogP contribution is -2.40. The van der Waals surface area contributed by atoms with E-state index in [4.69, 9.17) is 9.97 Å². The van der Waals surface area contributed by atoms with Crippen LogP contribution in [0.3, 0.4) is 0 Å². The average Bonchev–Trinajstić information content (AvgIpc) is 3.23. The Morgan fingerprint density at radius 2 is 2.00 bits per heavy atom. The number of aromatic amines is 1. The molecule has 3 N–H and O–H groups in total. The van der Waals surface area contributed by atoms with Crippen molar-refractivity contribution in [2.24, 2.45) is 5.92 Å². The molecule has 5 rings (SSSR count). The number of aromatic nitrogens is 3. The van der Waals surface area contributed by atoms with E-state index in [1.807, 2.05) is 24.3 Å². The molecule has 2 saturated heterocycles.